The number of benzene rings is 1. The summed E-state index contributed by atoms with van der Waals surface area (Å²) >= 11 is 0. The Morgan fingerprint density at radius 1 is 1.30 bits per heavy atom. The second kappa shape index (κ2) is 7.48. The Morgan fingerprint density at radius 3 is 2.63 bits per heavy atom. The highest BCUT2D eigenvalue weighted by molar-refractivity contribution is 6.03. The van der Waals surface area contributed by atoms with Gasteiger partial charge in [-0.15, -0.1) is 0 Å². The van der Waals surface area contributed by atoms with Gasteiger partial charge in [0.05, 0.1) is 30.5 Å². The summed E-state index contributed by atoms with van der Waals surface area (Å²) in [5, 5.41) is 14.7. The number of rotatable bonds is 5. The van der Waals surface area contributed by atoms with Crippen molar-refractivity contribution in [1.82, 2.24) is 9.88 Å². The molecule has 2 heterocycles. The molecule has 27 heavy (non-hydrogen) atoms. The number of aromatic nitrogens is 1. The molecule has 1 aliphatic heterocycles. The zero-order valence-electron chi connectivity index (χ0n) is 14.3. The zero-order valence-corrected chi connectivity index (χ0v) is 14.3. The first-order valence-electron chi connectivity index (χ1n) is 7.93. The van der Waals surface area contributed by atoms with Crippen LogP contribution in [0.3, 0.4) is 0 Å². The topological polar surface area (TPSA) is 99.4 Å². The lowest BCUT2D eigenvalue weighted by molar-refractivity contribution is 0.0766. The fraction of sp³-hybridized carbons (Fsp3) is 0.222. The molecule has 0 atom stereocenters. The molecule has 0 aliphatic carbocycles. The van der Waals surface area contributed by atoms with Crippen LogP contribution < -0.4 is 4.74 Å². The average Bonchev–Trinajstić information content (AvgIpc) is 2.97. The molecule has 9 heteroatoms. The quantitative estimate of drug-likeness (QED) is 0.621. The smallest absolute Gasteiger partial charge is 0.312 e. The molecule has 1 aromatic carbocycles. The minimum Gasteiger partial charge on any atom is -0.497 e. The zero-order chi connectivity index (χ0) is 19.6. The lowest BCUT2D eigenvalue weighted by Gasteiger charge is -2.15. The van der Waals surface area contributed by atoms with Crippen LogP contribution in [0.1, 0.15) is 27.2 Å². The first-order valence-corrected chi connectivity index (χ1v) is 7.93. The summed E-state index contributed by atoms with van der Waals surface area (Å²) in [5.74, 6) is -1.54. The first kappa shape index (κ1) is 18.4. The molecular formula is C18H16F2N4O3. The number of alkyl halides is 2. The van der Waals surface area contributed by atoms with Crippen molar-refractivity contribution in [2.24, 2.45) is 0 Å². The fourth-order valence-corrected chi connectivity index (χ4v) is 2.64. The third kappa shape index (κ3) is 3.91. The third-order valence-corrected chi connectivity index (χ3v) is 4.03. The maximum absolute atomic E-state index is 12.6. The highest BCUT2D eigenvalue weighted by Gasteiger charge is 2.29. The molecule has 7 nitrogen and oxygen atoms in total. The van der Waals surface area contributed by atoms with E-state index >= 15 is 0 Å². The van der Waals surface area contributed by atoms with Gasteiger partial charge in [-0.2, -0.15) is 8.78 Å². The molecule has 0 saturated carbocycles. The summed E-state index contributed by atoms with van der Waals surface area (Å²) in [6.07, 6.45) is -1.85. The van der Waals surface area contributed by atoms with E-state index in [0.29, 0.717) is 24.5 Å². The predicted molar refractivity (Wildman–Crippen MR) is 92.5 cm³/mol. The van der Waals surface area contributed by atoms with Gasteiger partial charge in [0, 0.05) is 12.7 Å². The van der Waals surface area contributed by atoms with E-state index in [9.17, 15) is 13.6 Å². The van der Waals surface area contributed by atoms with E-state index in [4.69, 9.17) is 15.6 Å². The molecule has 0 saturated heterocycles. The molecule has 0 radical (unpaired) electrons. The first-order chi connectivity index (χ1) is 12.9. The van der Waals surface area contributed by atoms with E-state index in [-0.39, 0.29) is 17.0 Å². The monoisotopic (exact) mass is 374 g/mol. The summed E-state index contributed by atoms with van der Waals surface area (Å²) < 4.78 is 34.3. The summed E-state index contributed by atoms with van der Waals surface area (Å²) in [4.78, 5) is 18.4. The summed E-state index contributed by atoms with van der Waals surface area (Å²) in [6, 6.07) is 8.69. The number of hydrogen-bond acceptors (Lipinski definition) is 6. The highest BCUT2D eigenvalue weighted by Crippen LogP contribution is 2.24. The number of halogens is 2. The number of fused-ring (bicyclic) bond motifs is 1. The molecule has 1 aromatic heterocycles. The lowest BCUT2D eigenvalue weighted by atomic mass is 10.1. The minimum absolute atomic E-state index is 0.0544. The van der Waals surface area contributed by atoms with Gasteiger partial charge in [-0.05, 0) is 23.8 Å². The molecule has 0 bridgehead atoms. The number of amides is 1. The van der Waals surface area contributed by atoms with E-state index in [0.717, 1.165) is 5.56 Å². The summed E-state index contributed by atoms with van der Waals surface area (Å²) in [6.45, 7) is 0.681. The van der Waals surface area contributed by atoms with Crippen LogP contribution in [0.15, 0.2) is 36.5 Å². The van der Waals surface area contributed by atoms with Gasteiger partial charge in [0.15, 0.2) is 0 Å². The molecule has 1 aliphatic rings. The van der Waals surface area contributed by atoms with Crippen molar-refractivity contribution in [3.8, 4) is 5.75 Å². The normalized spacial score (nSPS) is 12.9. The van der Waals surface area contributed by atoms with Crippen LogP contribution >= 0.6 is 0 Å². The van der Waals surface area contributed by atoms with Crippen molar-refractivity contribution >= 4 is 17.7 Å². The Balaban J connectivity index is 1.73. The Kier molecular flexibility index (Phi) is 5.11. The van der Waals surface area contributed by atoms with Crippen molar-refractivity contribution in [2.75, 3.05) is 7.11 Å². The van der Waals surface area contributed by atoms with Crippen molar-refractivity contribution < 1.29 is 23.0 Å². The van der Waals surface area contributed by atoms with Crippen LogP contribution in [0.25, 0.3) is 0 Å². The third-order valence-electron chi connectivity index (χ3n) is 4.03. The van der Waals surface area contributed by atoms with Crippen molar-refractivity contribution in [1.29, 1.82) is 10.8 Å². The molecule has 140 valence electrons. The maximum Gasteiger partial charge on any atom is 0.312 e. The number of methoxy groups -OCH3 is 1. The Bertz CT molecular complexity index is 900. The Hall–Kier alpha value is -3.36. The minimum atomic E-state index is -3.12. The number of ether oxygens (including phenoxy) is 2. The number of hydrogen-bond donors (Lipinski definition) is 2. The number of nitrogens with zero attached hydrogens (tertiary/aromatic N) is 2. The van der Waals surface area contributed by atoms with Gasteiger partial charge in [0.1, 0.15) is 5.75 Å². The van der Waals surface area contributed by atoms with Crippen LogP contribution in [0, 0.1) is 10.8 Å². The van der Waals surface area contributed by atoms with E-state index < -0.39 is 18.2 Å². The van der Waals surface area contributed by atoms with Gasteiger partial charge >= 0.3 is 6.43 Å². The maximum atomic E-state index is 12.6. The second-order valence-corrected chi connectivity index (χ2v) is 5.82. The average molecular weight is 374 g/mol. The molecular weight excluding hydrogens is 358 g/mol. The van der Waals surface area contributed by atoms with Crippen LogP contribution in [0.5, 0.6) is 5.75 Å². The van der Waals surface area contributed by atoms with Gasteiger partial charge in [0.2, 0.25) is 5.90 Å². The van der Waals surface area contributed by atoms with Gasteiger partial charge in [0.25, 0.3) is 11.8 Å². The van der Waals surface area contributed by atoms with Crippen LogP contribution in [-0.4, -0.2) is 41.1 Å². The van der Waals surface area contributed by atoms with Crippen molar-refractivity contribution in [3.63, 3.8) is 0 Å². The molecule has 3 rings (SSSR count). The molecule has 0 fully saturated rings. The second-order valence-electron chi connectivity index (χ2n) is 5.82. The van der Waals surface area contributed by atoms with Crippen LogP contribution in [-0.2, 0) is 17.8 Å². The van der Waals surface area contributed by atoms with Crippen LogP contribution in [0.2, 0.25) is 0 Å². The van der Waals surface area contributed by atoms with Gasteiger partial charge in [-0.3, -0.25) is 20.6 Å². The molecule has 0 unspecified atom stereocenters. The van der Waals surface area contributed by atoms with Crippen LogP contribution in [0.4, 0.5) is 8.78 Å². The summed E-state index contributed by atoms with van der Waals surface area (Å²) in [5.41, 5.74) is 1.80. The molecule has 2 N–H and O–H groups in total. The van der Waals surface area contributed by atoms with Crippen molar-refractivity contribution in [3.05, 3.63) is 58.9 Å². The number of nitrogens with one attached hydrogen (secondary N) is 2. The molecule has 0 spiro atoms. The predicted octanol–water partition coefficient (Wildman–Crippen LogP) is 2.83. The fourth-order valence-electron chi connectivity index (χ4n) is 2.64. The SMILES string of the molecule is COc1ccc(CN2Cc3ncc(C(=N)OC(=N)C(F)F)cc3C2=O)cc1. The van der Waals surface area contributed by atoms with E-state index in [1.54, 1.807) is 24.1 Å². The highest BCUT2D eigenvalue weighted by atomic mass is 19.3. The Labute approximate surface area is 153 Å². The van der Waals surface area contributed by atoms with E-state index in [1.807, 2.05) is 12.1 Å². The standard InChI is InChI=1S/C18H16F2N4O3/c1-26-12-4-2-10(3-5-12)8-24-9-14-13(18(24)25)6-11(7-23-14)16(21)27-17(22)15(19)20/h2-7,15,21-22H,8-9H2,1H3. The van der Waals surface area contributed by atoms with Gasteiger partial charge in [-0.1, -0.05) is 12.1 Å². The van der Waals surface area contributed by atoms with Crippen molar-refractivity contribution in [2.45, 2.75) is 19.5 Å². The summed E-state index contributed by atoms with van der Waals surface area (Å²) in [7, 11) is 1.57. The largest absolute Gasteiger partial charge is 0.497 e. The number of pyridine rings is 1. The number of carbonyl (C=O) groups excluding carboxylic acids is 1. The molecule has 2 aromatic rings. The van der Waals surface area contributed by atoms with Gasteiger partial charge < -0.3 is 14.4 Å². The van der Waals surface area contributed by atoms with E-state index in [1.165, 1.54) is 12.3 Å². The van der Waals surface area contributed by atoms with Gasteiger partial charge in [-0.25, -0.2) is 0 Å². The number of carbonyl (C=O) groups is 1. The Morgan fingerprint density at radius 2 is 2.00 bits per heavy atom. The lowest BCUT2D eigenvalue weighted by Crippen LogP contribution is -2.23. The van der Waals surface area contributed by atoms with E-state index in [2.05, 4.69) is 9.72 Å². The molecule has 1 amide bonds.